The van der Waals surface area contributed by atoms with Crippen LogP contribution in [0.4, 0.5) is 0 Å². The molecule has 0 aromatic carbocycles. The second-order valence-corrected chi connectivity index (χ2v) is 33.0. The number of phosphoric acid groups is 2. The molecule has 19 heteroatoms. The highest BCUT2D eigenvalue weighted by atomic mass is 31.2. The van der Waals surface area contributed by atoms with Crippen LogP contribution in [0.2, 0.25) is 0 Å². The molecule has 0 rings (SSSR count). The van der Waals surface area contributed by atoms with Gasteiger partial charge in [0.2, 0.25) is 0 Å². The molecule has 0 aromatic heterocycles. The van der Waals surface area contributed by atoms with Gasteiger partial charge in [0, 0.05) is 25.7 Å². The Bertz CT molecular complexity index is 1920. The zero-order valence-electron chi connectivity index (χ0n) is 64.4. The van der Waals surface area contributed by atoms with Gasteiger partial charge < -0.3 is 33.8 Å². The van der Waals surface area contributed by atoms with Crippen LogP contribution in [-0.2, 0) is 65.4 Å². The van der Waals surface area contributed by atoms with Crippen LogP contribution < -0.4 is 0 Å². The molecule has 3 N–H and O–H groups in total. The lowest BCUT2D eigenvalue weighted by atomic mass is 9.99. The minimum absolute atomic E-state index is 0.105. The molecule has 0 radical (unpaired) electrons. The van der Waals surface area contributed by atoms with Crippen LogP contribution in [0.1, 0.15) is 402 Å². The number of rotatable bonds is 76. The molecule has 0 amide bonds. The molecule has 0 fully saturated rings. The van der Waals surface area contributed by atoms with E-state index >= 15 is 0 Å². The van der Waals surface area contributed by atoms with E-state index in [2.05, 4.69) is 55.4 Å². The Morgan fingerprint density at radius 2 is 0.490 bits per heavy atom. The van der Waals surface area contributed by atoms with Crippen molar-refractivity contribution in [2.24, 2.45) is 23.7 Å². The van der Waals surface area contributed by atoms with E-state index in [4.69, 9.17) is 37.0 Å². The highest BCUT2D eigenvalue weighted by molar-refractivity contribution is 7.47. The molecule has 0 aliphatic heterocycles. The van der Waals surface area contributed by atoms with Crippen LogP contribution in [0.15, 0.2) is 0 Å². The molecule has 6 atom stereocenters. The van der Waals surface area contributed by atoms with Gasteiger partial charge in [0.05, 0.1) is 26.4 Å². The fraction of sp³-hybridized carbons (Fsp3) is 0.949. The van der Waals surface area contributed by atoms with E-state index in [9.17, 15) is 43.2 Å². The molecule has 4 unspecified atom stereocenters. The molecule has 0 saturated carbocycles. The number of aliphatic hydroxyl groups is 1. The van der Waals surface area contributed by atoms with Crippen molar-refractivity contribution in [1.29, 1.82) is 0 Å². The van der Waals surface area contributed by atoms with E-state index in [1.54, 1.807) is 0 Å². The number of carbonyl (C=O) groups is 4. The normalized spacial score (nSPS) is 14.3. The predicted octanol–water partition coefficient (Wildman–Crippen LogP) is 23.2. The lowest BCUT2D eigenvalue weighted by Gasteiger charge is -2.21. The van der Waals surface area contributed by atoms with Crippen molar-refractivity contribution in [2.75, 3.05) is 39.6 Å². The Hall–Kier alpha value is -1.94. The summed E-state index contributed by atoms with van der Waals surface area (Å²) in [6.45, 7) is 14.2. The first kappa shape index (κ1) is 96.1. The summed E-state index contributed by atoms with van der Waals surface area (Å²) in [7, 11) is -9.92. The van der Waals surface area contributed by atoms with Crippen molar-refractivity contribution >= 4 is 39.5 Å². The number of aliphatic hydroxyl groups excluding tert-OH is 1. The third kappa shape index (κ3) is 71.1. The van der Waals surface area contributed by atoms with E-state index < -0.39 is 97.5 Å². The number of hydrogen-bond acceptors (Lipinski definition) is 15. The molecule has 0 bridgehead atoms. The average Bonchev–Trinajstić information content (AvgIpc) is 0.970. The minimum Gasteiger partial charge on any atom is -0.462 e. The van der Waals surface area contributed by atoms with Gasteiger partial charge in [-0.25, -0.2) is 9.13 Å². The van der Waals surface area contributed by atoms with Gasteiger partial charge >= 0.3 is 39.5 Å². The summed E-state index contributed by atoms with van der Waals surface area (Å²) in [5.74, 6) is 0.961. The van der Waals surface area contributed by atoms with Crippen molar-refractivity contribution in [2.45, 2.75) is 420 Å². The van der Waals surface area contributed by atoms with Gasteiger partial charge in [-0.3, -0.25) is 37.3 Å². The maximum atomic E-state index is 13.1. The maximum Gasteiger partial charge on any atom is 0.472 e. The van der Waals surface area contributed by atoms with Gasteiger partial charge in [0.25, 0.3) is 0 Å². The van der Waals surface area contributed by atoms with Crippen LogP contribution in [0, 0.1) is 23.7 Å². The van der Waals surface area contributed by atoms with Crippen LogP contribution >= 0.6 is 15.6 Å². The standard InChI is InChI=1S/C79H154O17P2/c1-9-72(8)58-50-42-34-26-20-16-14-12-10-11-13-15-17-21-27-35-43-51-59-76(81)89-65-74(96-79(84)62-54-46-37-29-23-25-32-40-48-56-70(4)5)67-93-97(85,86)91-63-73(80)64-92-98(87,88)94-68-75(66-90-77(82)60-52-44-38-30-33-41-49-57-71(6)7)95-78(83)61-53-45-36-28-22-18-19-24-31-39-47-55-69(2)3/h69-75,80H,9-68H2,1-8H3,(H,85,86)(H,87,88)/t72?,73?,74-,75-/m1/s1. The first-order valence-corrected chi connectivity index (χ1v) is 43.7. The first-order chi connectivity index (χ1) is 47.1. The van der Waals surface area contributed by atoms with Gasteiger partial charge in [-0.15, -0.1) is 0 Å². The highest BCUT2D eigenvalue weighted by Gasteiger charge is 2.30. The molecule has 0 spiro atoms. The fourth-order valence-corrected chi connectivity index (χ4v) is 13.6. The molecular formula is C79H154O17P2. The van der Waals surface area contributed by atoms with Gasteiger partial charge in [0.15, 0.2) is 12.2 Å². The molecule has 582 valence electrons. The monoisotopic (exact) mass is 1440 g/mol. The van der Waals surface area contributed by atoms with Gasteiger partial charge in [-0.2, -0.15) is 0 Å². The lowest BCUT2D eigenvalue weighted by Crippen LogP contribution is -2.30. The maximum absolute atomic E-state index is 13.1. The second kappa shape index (κ2) is 68.2. The second-order valence-electron chi connectivity index (χ2n) is 30.1. The third-order valence-corrected chi connectivity index (χ3v) is 20.6. The quantitative estimate of drug-likeness (QED) is 0.0222. The summed E-state index contributed by atoms with van der Waals surface area (Å²) >= 11 is 0. The van der Waals surface area contributed by atoms with E-state index in [1.165, 1.54) is 199 Å². The van der Waals surface area contributed by atoms with Crippen LogP contribution in [0.5, 0.6) is 0 Å². The van der Waals surface area contributed by atoms with Crippen molar-refractivity contribution in [3.63, 3.8) is 0 Å². The number of unbranched alkanes of at least 4 members (excludes halogenated alkanes) is 41. The number of ether oxygens (including phenoxy) is 4. The largest absolute Gasteiger partial charge is 0.472 e. The minimum atomic E-state index is -4.96. The fourth-order valence-electron chi connectivity index (χ4n) is 12.0. The summed E-state index contributed by atoms with van der Waals surface area (Å²) in [6.07, 6.45) is 54.3. The smallest absolute Gasteiger partial charge is 0.462 e. The van der Waals surface area contributed by atoms with Gasteiger partial charge in [-0.05, 0) is 49.4 Å². The average molecular weight is 1440 g/mol. The van der Waals surface area contributed by atoms with Crippen LogP contribution in [-0.4, -0.2) is 96.7 Å². The molecule has 98 heavy (non-hydrogen) atoms. The van der Waals surface area contributed by atoms with E-state index in [1.807, 2.05) is 0 Å². The summed E-state index contributed by atoms with van der Waals surface area (Å²) in [5.41, 5.74) is 0. The van der Waals surface area contributed by atoms with E-state index in [0.717, 1.165) is 114 Å². The Morgan fingerprint density at radius 3 is 0.724 bits per heavy atom. The van der Waals surface area contributed by atoms with E-state index in [-0.39, 0.29) is 25.7 Å². The van der Waals surface area contributed by atoms with Crippen LogP contribution in [0.25, 0.3) is 0 Å². The molecule has 0 aliphatic rings. The summed E-state index contributed by atoms with van der Waals surface area (Å²) in [5, 5.41) is 10.6. The summed E-state index contributed by atoms with van der Waals surface area (Å²) in [4.78, 5) is 72.9. The third-order valence-electron chi connectivity index (χ3n) is 18.7. The summed E-state index contributed by atoms with van der Waals surface area (Å²) in [6, 6.07) is 0. The Morgan fingerprint density at radius 1 is 0.286 bits per heavy atom. The summed E-state index contributed by atoms with van der Waals surface area (Å²) < 4.78 is 68.6. The lowest BCUT2D eigenvalue weighted by molar-refractivity contribution is -0.161. The van der Waals surface area contributed by atoms with Gasteiger partial charge in [0.1, 0.15) is 19.3 Å². The van der Waals surface area contributed by atoms with Crippen molar-refractivity contribution in [3.8, 4) is 0 Å². The Kier molecular flexibility index (Phi) is 66.8. The van der Waals surface area contributed by atoms with Crippen molar-refractivity contribution in [3.05, 3.63) is 0 Å². The number of esters is 4. The number of phosphoric ester groups is 2. The molecule has 17 nitrogen and oxygen atoms in total. The Balaban J connectivity index is 5.17. The molecule has 0 saturated heterocycles. The highest BCUT2D eigenvalue weighted by Crippen LogP contribution is 2.45. The first-order valence-electron chi connectivity index (χ1n) is 40.7. The van der Waals surface area contributed by atoms with Crippen LogP contribution in [0.3, 0.4) is 0 Å². The molecule has 0 aromatic rings. The SMILES string of the molecule is CCC(C)CCCCCCCCCCCCCCCCCCCCC(=O)OC[C@H](COP(=O)(O)OCC(O)COP(=O)(O)OC[C@@H](COC(=O)CCCCCCCCCC(C)C)OC(=O)CCCCCCCCCCCCCC(C)C)OC(=O)CCCCCCCCCCCC(C)C. The molecule has 0 heterocycles. The molecular weight excluding hydrogens is 1280 g/mol. The van der Waals surface area contributed by atoms with Gasteiger partial charge in [-0.1, -0.05) is 351 Å². The molecule has 0 aliphatic carbocycles. The van der Waals surface area contributed by atoms with E-state index in [0.29, 0.717) is 31.6 Å². The number of hydrogen-bond donors (Lipinski definition) is 3. The predicted molar refractivity (Wildman–Crippen MR) is 400 cm³/mol. The number of carbonyl (C=O) groups excluding carboxylic acids is 4. The zero-order valence-corrected chi connectivity index (χ0v) is 66.2. The van der Waals surface area contributed by atoms with Crippen molar-refractivity contribution < 1.29 is 80.2 Å². The van der Waals surface area contributed by atoms with Crippen molar-refractivity contribution in [1.82, 2.24) is 0 Å². The Labute approximate surface area is 600 Å². The topological polar surface area (TPSA) is 237 Å². The zero-order chi connectivity index (χ0) is 72.4.